The van der Waals surface area contributed by atoms with Gasteiger partial charge in [0, 0.05) is 18.9 Å². The van der Waals surface area contributed by atoms with Crippen LogP contribution < -0.4 is 5.32 Å². The summed E-state index contributed by atoms with van der Waals surface area (Å²) in [6, 6.07) is 3.93. The van der Waals surface area contributed by atoms with Crippen molar-refractivity contribution in [3.63, 3.8) is 0 Å². The van der Waals surface area contributed by atoms with Crippen molar-refractivity contribution < 1.29 is 4.42 Å². The Hall–Kier alpha value is -1.55. The molecule has 80 valence electrons. The van der Waals surface area contributed by atoms with Crippen molar-refractivity contribution in [3.05, 3.63) is 30.3 Å². The van der Waals surface area contributed by atoms with Crippen molar-refractivity contribution in [2.75, 3.05) is 7.05 Å². The second-order valence-corrected chi connectivity index (χ2v) is 3.33. The number of imidazole rings is 1. The van der Waals surface area contributed by atoms with Crippen LogP contribution in [0.2, 0.25) is 0 Å². The molecule has 2 heterocycles. The Labute approximate surface area is 88.9 Å². The summed E-state index contributed by atoms with van der Waals surface area (Å²) in [5.41, 5.74) is 0. The minimum absolute atomic E-state index is 0.743. The van der Waals surface area contributed by atoms with E-state index in [2.05, 4.69) is 21.8 Å². The molecule has 0 aromatic carbocycles. The van der Waals surface area contributed by atoms with E-state index in [0.717, 1.165) is 30.4 Å². The molecule has 2 rings (SSSR count). The average Bonchev–Trinajstić information content (AvgIpc) is 2.84. The second-order valence-electron chi connectivity index (χ2n) is 3.33. The van der Waals surface area contributed by atoms with Gasteiger partial charge in [0.15, 0.2) is 11.6 Å². The summed E-state index contributed by atoms with van der Waals surface area (Å²) in [6.45, 7) is 3.73. The highest BCUT2D eigenvalue weighted by atomic mass is 16.3. The van der Waals surface area contributed by atoms with E-state index in [1.54, 1.807) is 6.20 Å². The number of aryl methyl sites for hydroxylation is 1. The van der Waals surface area contributed by atoms with Gasteiger partial charge in [0.25, 0.3) is 0 Å². The van der Waals surface area contributed by atoms with E-state index in [1.165, 1.54) is 0 Å². The number of hydrogen-bond acceptors (Lipinski definition) is 3. The first-order valence-corrected chi connectivity index (χ1v) is 5.10. The van der Waals surface area contributed by atoms with Crippen molar-refractivity contribution in [3.8, 4) is 11.6 Å². The van der Waals surface area contributed by atoms with Gasteiger partial charge < -0.3 is 14.3 Å². The Balaban J connectivity index is 2.28. The van der Waals surface area contributed by atoms with Gasteiger partial charge in [0.1, 0.15) is 5.76 Å². The molecule has 15 heavy (non-hydrogen) atoms. The maximum atomic E-state index is 5.67. The van der Waals surface area contributed by atoms with Crippen LogP contribution in [0.25, 0.3) is 11.6 Å². The third-order valence-electron chi connectivity index (χ3n) is 2.29. The molecule has 0 amide bonds. The van der Waals surface area contributed by atoms with E-state index in [1.807, 2.05) is 25.4 Å². The predicted molar refractivity (Wildman–Crippen MR) is 58.4 cm³/mol. The Bertz CT molecular complexity index is 430. The Morgan fingerprint density at radius 1 is 1.47 bits per heavy atom. The van der Waals surface area contributed by atoms with E-state index < -0.39 is 0 Å². The summed E-state index contributed by atoms with van der Waals surface area (Å²) < 4.78 is 7.72. The van der Waals surface area contributed by atoms with Crippen molar-refractivity contribution >= 4 is 0 Å². The summed E-state index contributed by atoms with van der Waals surface area (Å²) in [6.07, 6.45) is 3.74. The van der Waals surface area contributed by atoms with Gasteiger partial charge in [-0.15, -0.1) is 0 Å². The van der Waals surface area contributed by atoms with Gasteiger partial charge in [0.05, 0.1) is 6.54 Å². The van der Waals surface area contributed by atoms with Gasteiger partial charge in [-0.05, 0) is 26.1 Å². The maximum Gasteiger partial charge on any atom is 0.176 e. The normalized spacial score (nSPS) is 10.8. The van der Waals surface area contributed by atoms with Gasteiger partial charge in [0.2, 0.25) is 0 Å². The minimum atomic E-state index is 0.743. The van der Waals surface area contributed by atoms with Gasteiger partial charge in [-0.25, -0.2) is 4.98 Å². The van der Waals surface area contributed by atoms with Crippen LogP contribution >= 0.6 is 0 Å². The molecule has 0 saturated carbocycles. The average molecular weight is 205 g/mol. The number of nitrogens with one attached hydrogen (secondary N) is 1. The fourth-order valence-electron chi connectivity index (χ4n) is 1.56. The van der Waals surface area contributed by atoms with Crippen LogP contribution in [-0.2, 0) is 13.1 Å². The van der Waals surface area contributed by atoms with Crippen molar-refractivity contribution in [2.24, 2.45) is 0 Å². The lowest BCUT2D eigenvalue weighted by atomic mass is 10.4. The topological polar surface area (TPSA) is 43.0 Å². The Morgan fingerprint density at radius 2 is 2.33 bits per heavy atom. The van der Waals surface area contributed by atoms with Crippen molar-refractivity contribution in [1.29, 1.82) is 0 Å². The molecule has 2 aromatic heterocycles. The third-order valence-corrected chi connectivity index (χ3v) is 2.29. The number of furan rings is 1. The smallest absolute Gasteiger partial charge is 0.176 e. The SMILES string of the molecule is CCn1ccnc1-c1ccc(CNC)o1. The standard InChI is InChI=1S/C11H15N3O/c1-3-14-7-6-13-11(14)10-5-4-9(15-10)8-12-2/h4-7,12H,3,8H2,1-2H3. The van der Waals surface area contributed by atoms with Crippen LogP contribution in [0, 0.1) is 0 Å². The van der Waals surface area contributed by atoms with E-state index in [9.17, 15) is 0 Å². The first-order valence-electron chi connectivity index (χ1n) is 5.10. The van der Waals surface area contributed by atoms with E-state index in [0.29, 0.717) is 0 Å². The zero-order valence-electron chi connectivity index (χ0n) is 9.03. The fourth-order valence-corrected chi connectivity index (χ4v) is 1.56. The zero-order valence-corrected chi connectivity index (χ0v) is 9.03. The summed E-state index contributed by atoms with van der Waals surface area (Å²) >= 11 is 0. The van der Waals surface area contributed by atoms with E-state index in [4.69, 9.17) is 4.42 Å². The monoisotopic (exact) mass is 205 g/mol. The first-order chi connectivity index (χ1) is 7.35. The second kappa shape index (κ2) is 4.31. The lowest BCUT2D eigenvalue weighted by Gasteiger charge is -2.00. The highest BCUT2D eigenvalue weighted by Crippen LogP contribution is 2.20. The van der Waals surface area contributed by atoms with Gasteiger partial charge in [-0.1, -0.05) is 0 Å². The van der Waals surface area contributed by atoms with E-state index in [-0.39, 0.29) is 0 Å². The summed E-state index contributed by atoms with van der Waals surface area (Å²) in [5, 5.41) is 3.05. The van der Waals surface area contributed by atoms with Crippen LogP contribution in [0.3, 0.4) is 0 Å². The lowest BCUT2D eigenvalue weighted by Crippen LogP contribution is -2.03. The maximum absolute atomic E-state index is 5.67. The van der Waals surface area contributed by atoms with Crippen LogP contribution in [0.5, 0.6) is 0 Å². The van der Waals surface area contributed by atoms with Crippen LogP contribution in [-0.4, -0.2) is 16.6 Å². The molecule has 0 fully saturated rings. The fraction of sp³-hybridized carbons (Fsp3) is 0.364. The summed E-state index contributed by atoms with van der Waals surface area (Å²) in [7, 11) is 1.90. The summed E-state index contributed by atoms with van der Waals surface area (Å²) in [4.78, 5) is 4.28. The molecule has 0 unspecified atom stereocenters. The lowest BCUT2D eigenvalue weighted by molar-refractivity contribution is 0.501. The third kappa shape index (κ3) is 1.94. The molecule has 0 bridgehead atoms. The quantitative estimate of drug-likeness (QED) is 0.828. The van der Waals surface area contributed by atoms with Crippen LogP contribution in [0.15, 0.2) is 28.9 Å². The molecule has 1 N–H and O–H groups in total. The summed E-state index contributed by atoms with van der Waals surface area (Å²) in [5.74, 6) is 2.64. The predicted octanol–water partition coefficient (Wildman–Crippen LogP) is 1.88. The Morgan fingerprint density at radius 3 is 3.07 bits per heavy atom. The molecular formula is C11H15N3O. The molecule has 0 atom stereocenters. The highest BCUT2D eigenvalue weighted by molar-refractivity contribution is 5.47. The van der Waals surface area contributed by atoms with Crippen molar-refractivity contribution in [2.45, 2.75) is 20.0 Å². The number of rotatable bonds is 4. The molecule has 0 aliphatic rings. The molecule has 4 heteroatoms. The van der Waals surface area contributed by atoms with Gasteiger partial charge in [-0.2, -0.15) is 0 Å². The molecule has 0 radical (unpaired) electrons. The molecular weight excluding hydrogens is 190 g/mol. The van der Waals surface area contributed by atoms with Crippen LogP contribution in [0.4, 0.5) is 0 Å². The highest BCUT2D eigenvalue weighted by Gasteiger charge is 2.09. The molecule has 0 aliphatic heterocycles. The molecule has 2 aromatic rings. The first kappa shape index (κ1) is 9.98. The molecule has 0 spiro atoms. The largest absolute Gasteiger partial charge is 0.456 e. The van der Waals surface area contributed by atoms with E-state index >= 15 is 0 Å². The number of aromatic nitrogens is 2. The van der Waals surface area contributed by atoms with Gasteiger partial charge >= 0.3 is 0 Å². The minimum Gasteiger partial charge on any atom is -0.456 e. The van der Waals surface area contributed by atoms with Crippen molar-refractivity contribution in [1.82, 2.24) is 14.9 Å². The number of hydrogen-bond donors (Lipinski definition) is 1. The molecule has 4 nitrogen and oxygen atoms in total. The number of nitrogens with zero attached hydrogens (tertiary/aromatic N) is 2. The van der Waals surface area contributed by atoms with Crippen LogP contribution in [0.1, 0.15) is 12.7 Å². The molecule has 0 saturated heterocycles. The zero-order chi connectivity index (χ0) is 10.7. The Kier molecular flexibility index (Phi) is 2.87. The van der Waals surface area contributed by atoms with Gasteiger partial charge in [-0.3, -0.25) is 0 Å². The molecule has 0 aliphatic carbocycles.